The van der Waals surface area contributed by atoms with E-state index in [-0.39, 0.29) is 28.5 Å². The molecule has 4 rings (SSSR count). The molecule has 3 N–H and O–H groups in total. The van der Waals surface area contributed by atoms with Gasteiger partial charge in [0.15, 0.2) is 0 Å². The zero-order valence-corrected chi connectivity index (χ0v) is 20.0. The molecule has 1 aromatic heterocycles. The first-order valence-corrected chi connectivity index (χ1v) is 11.6. The Morgan fingerprint density at radius 3 is 2.54 bits per heavy atom. The number of anilines is 1. The summed E-state index contributed by atoms with van der Waals surface area (Å²) >= 11 is 0. The predicted octanol–water partition coefficient (Wildman–Crippen LogP) is 4.83. The van der Waals surface area contributed by atoms with Crippen LogP contribution in [0.25, 0.3) is 22.8 Å². The van der Waals surface area contributed by atoms with Crippen molar-refractivity contribution in [2.75, 3.05) is 31.5 Å². The van der Waals surface area contributed by atoms with E-state index in [0.717, 1.165) is 25.2 Å². The van der Waals surface area contributed by atoms with Gasteiger partial charge in [-0.1, -0.05) is 32.0 Å². The van der Waals surface area contributed by atoms with Crippen LogP contribution in [0.2, 0.25) is 0 Å². The lowest BCUT2D eigenvalue weighted by Gasteiger charge is -2.18. The summed E-state index contributed by atoms with van der Waals surface area (Å²) in [5.74, 6) is -2.18. The number of amides is 2. The molecule has 0 saturated heterocycles. The Labute approximate surface area is 203 Å². The number of carbonyl (C=O) groups excluding carboxylic acids is 2. The van der Waals surface area contributed by atoms with Gasteiger partial charge in [-0.15, -0.1) is 0 Å². The van der Waals surface area contributed by atoms with Crippen molar-refractivity contribution in [1.29, 1.82) is 0 Å². The van der Waals surface area contributed by atoms with Crippen LogP contribution in [0.5, 0.6) is 0 Å². The fourth-order valence-corrected chi connectivity index (χ4v) is 4.40. The number of likely N-dealkylation sites (N-methyl/N-ethyl adjacent to an activating group) is 1. The van der Waals surface area contributed by atoms with Crippen LogP contribution in [-0.2, 0) is 4.79 Å². The molecule has 3 aromatic rings. The van der Waals surface area contributed by atoms with Crippen LogP contribution in [0.15, 0.2) is 42.5 Å². The quantitative estimate of drug-likeness (QED) is 0.406. The zero-order chi connectivity index (χ0) is 25.1. The Balaban J connectivity index is 1.80. The fraction of sp³-hybridized carbons (Fsp3) is 0.259. The standard InChI is InChI=1S/C27H28F2N4O2/c1-4-33(5-2)13-12-30-27(35)24-16(3)31-23(25(24)19-11-10-17(28)14-21(19)29)15-20-18-8-6-7-9-22(18)32-26(20)34/h6-11,14-15,31H,4-5,12-13H2,1-3H3,(H,30,35)(H,32,34)/b20-15-. The Hall–Kier alpha value is -3.78. The molecule has 1 aliphatic heterocycles. The van der Waals surface area contributed by atoms with Crippen LogP contribution in [0.1, 0.15) is 41.2 Å². The van der Waals surface area contributed by atoms with E-state index in [0.29, 0.717) is 41.3 Å². The first-order valence-electron chi connectivity index (χ1n) is 11.6. The van der Waals surface area contributed by atoms with Crippen molar-refractivity contribution in [2.24, 2.45) is 0 Å². The third-order valence-corrected chi connectivity index (χ3v) is 6.25. The highest BCUT2D eigenvalue weighted by Gasteiger charge is 2.27. The second-order valence-corrected chi connectivity index (χ2v) is 8.38. The molecule has 0 radical (unpaired) electrons. The van der Waals surface area contributed by atoms with Gasteiger partial charge in [0.05, 0.1) is 11.1 Å². The Morgan fingerprint density at radius 2 is 1.83 bits per heavy atom. The van der Waals surface area contributed by atoms with Crippen molar-refractivity contribution < 1.29 is 18.4 Å². The van der Waals surface area contributed by atoms with Gasteiger partial charge in [0, 0.05) is 52.9 Å². The van der Waals surface area contributed by atoms with Crippen LogP contribution in [0.4, 0.5) is 14.5 Å². The number of fused-ring (bicyclic) bond motifs is 1. The van der Waals surface area contributed by atoms with E-state index in [9.17, 15) is 18.4 Å². The van der Waals surface area contributed by atoms with Crippen molar-refractivity contribution >= 4 is 29.2 Å². The Kier molecular flexibility index (Phi) is 7.12. The first kappa shape index (κ1) is 24.3. The number of hydrogen-bond acceptors (Lipinski definition) is 3. The number of aromatic nitrogens is 1. The second kappa shape index (κ2) is 10.2. The van der Waals surface area contributed by atoms with E-state index in [4.69, 9.17) is 0 Å². The fourth-order valence-electron chi connectivity index (χ4n) is 4.40. The van der Waals surface area contributed by atoms with Crippen molar-refractivity contribution in [1.82, 2.24) is 15.2 Å². The number of rotatable bonds is 8. The number of H-pyrrole nitrogens is 1. The summed E-state index contributed by atoms with van der Waals surface area (Å²) in [5, 5.41) is 5.72. The van der Waals surface area contributed by atoms with Crippen molar-refractivity contribution in [2.45, 2.75) is 20.8 Å². The van der Waals surface area contributed by atoms with Gasteiger partial charge in [-0.05, 0) is 44.3 Å². The zero-order valence-electron chi connectivity index (χ0n) is 20.0. The van der Waals surface area contributed by atoms with E-state index in [1.807, 2.05) is 32.0 Å². The maximum atomic E-state index is 15.0. The molecular formula is C27H28F2N4O2. The molecule has 0 atom stereocenters. The largest absolute Gasteiger partial charge is 0.358 e. The first-order chi connectivity index (χ1) is 16.8. The van der Waals surface area contributed by atoms with Gasteiger partial charge in [0.25, 0.3) is 11.8 Å². The highest BCUT2D eigenvalue weighted by molar-refractivity contribution is 6.35. The highest BCUT2D eigenvalue weighted by Crippen LogP contribution is 2.37. The van der Waals surface area contributed by atoms with Crippen LogP contribution in [0, 0.1) is 18.6 Å². The maximum Gasteiger partial charge on any atom is 0.256 e. The van der Waals surface area contributed by atoms with Gasteiger partial charge in [-0.25, -0.2) is 8.78 Å². The third-order valence-electron chi connectivity index (χ3n) is 6.25. The lowest BCUT2D eigenvalue weighted by molar-refractivity contribution is -0.110. The topological polar surface area (TPSA) is 77.2 Å². The Bertz CT molecular complexity index is 1310. The van der Waals surface area contributed by atoms with Gasteiger partial charge < -0.3 is 20.5 Å². The van der Waals surface area contributed by atoms with E-state index in [2.05, 4.69) is 20.5 Å². The molecule has 8 heteroatoms. The number of halogens is 2. The minimum Gasteiger partial charge on any atom is -0.358 e. The van der Waals surface area contributed by atoms with E-state index < -0.39 is 11.6 Å². The minimum absolute atomic E-state index is 0.0724. The van der Waals surface area contributed by atoms with Gasteiger partial charge in [-0.2, -0.15) is 0 Å². The highest BCUT2D eigenvalue weighted by atomic mass is 19.1. The minimum atomic E-state index is -0.794. The summed E-state index contributed by atoms with van der Waals surface area (Å²) in [6.07, 6.45) is 1.61. The summed E-state index contributed by atoms with van der Waals surface area (Å²) in [7, 11) is 0. The molecule has 1 aliphatic rings. The molecule has 35 heavy (non-hydrogen) atoms. The van der Waals surface area contributed by atoms with Crippen LogP contribution in [-0.4, -0.2) is 47.9 Å². The SMILES string of the molecule is CCN(CC)CCNC(=O)c1c(C)[nH]c(/C=C2\C(=O)Nc3ccccc32)c1-c1ccc(F)cc1F. The summed E-state index contributed by atoms with van der Waals surface area (Å²) in [6, 6.07) is 10.5. The van der Waals surface area contributed by atoms with Gasteiger partial charge in [0.2, 0.25) is 0 Å². The second-order valence-electron chi connectivity index (χ2n) is 8.38. The summed E-state index contributed by atoms with van der Waals surface area (Å²) in [4.78, 5) is 31.3. The number of hydrogen-bond donors (Lipinski definition) is 3. The number of carbonyl (C=O) groups is 2. The van der Waals surface area contributed by atoms with E-state index in [1.165, 1.54) is 6.07 Å². The van der Waals surface area contributed by atoms with Crippen LogP contribution in [0.3, 0.4) is 0 Å². The molecule has 0 unspecified atom stereocenters. The average Bonchev–Trinajstić information content (AvgIpc) is 3.32. The number of aryl methyl sites for hydroxylation is 1. The lowest BCUT2D eigenvalue weighted by atomic mass is 9.97. The Morgan fingerprint density at radius 1 is 1.09 bits per heavy atom. The molecule has 0 aliphatic carbocycles. The molecular weight excluding hydrogens is 450 g/mol. The summed E-state index contributed by atoms with van der Waals surface area (Å²) in [5.41, 5.74) is 3.30. The molecule has 0 fully saturated rings. The molecule has 2 heterocycles. The van der Waals surface area contributed by atoms with Gasteiger partial charge in [0.1, 0.15) is 11.6 Å². The molecule has 0 spiro atoms. The predicted molar refractivity (Wildman–Crippen MR) is 134 cm³/mol. The normalized spacial score (nSPS) is 13.9. The summed E-state index contributed by atoms with van der Waals surface area (Å²) in [6.45, 7) is 8.64. The number of benzene rings is 2. The number of nitrogens with one attached hydrogen (secondary N) is 3. The molecule has 182 valence electrons. The maximum absolute atomic E-state index is 15.0. The number of nitrogens with zero attached hydrogens (tertiary/aromatic N) is 1. The van der Waals surface area contributed by atoms with Crippen molar-refractivity contribution in [3.05, 3.63) is 76.6 Å². The smallest absolute Gasteiger partial charge is 0.256 e. The molecule has 0 saturated carbocycles. The van der Waals surface area contributed by atoms with Gasteiger partial charge in [-0.3, -0.25) is 9.59 Å². The van der Waals surface area contributed by atoms with Gasteiger partial charge >= 0.3 is 0 Å². The number of aromatic amines is 1. The average molecular weight is 479 g/mol. The molecule has 2 amide bonds. The summed E-state index contributed by atoms with van der Waals surface area (Å²) < 4.78 is 28.6. The monoisotopic (exact) mass is 478 g/mol. The molecule has 0 bridgehead atoms. The molecule has 2 aromatic carbocycles. The van der Waals surface area contributed by atoms with Crippen LogP contribution < -0.4 is 10.6 Å². The number of para-hydroxylation sites is 1. The van der Waals surface area contributed by atoms with Crippen LogP contribution >= 0.6 is 0 Å². The third kappa shape index (κ3) is 4.88. The van der Waals surface area contributed by atoms with Crippen molar-refractivity contribution in [3.63, 3.8) is 0 Å². The lowest BCUT2D eigenvalue weighted by Crippen LogP contribution is -2.35. The van der Waals surface area contributed by atoms with E-state index in [1.54, 1.807) is 19.1 Å². The molecule has 6 nitrogen and oxygen atoms in total. The van der Waals surface area contributed by atoms with Crippen molar-refractivity contribution in [3.8, 4) is 11.1 Å². The van der Waals surface area contributed by atoms with E-state index >= 15 is 0 Å².